The van der Waals surface area contributed by atoms with E-state index < -0.39 is 0 Å². The van der Waals surface area contributed by atoms with Crippen LogP contribution in [0.1, 0.15) is 0 Å². The van der Waals surface area contributed by atoms with E-state index >= 15 is 0 Å². The van der Waals surface area contributed by atoms with Crippen LogP contribution in [0.15, 0.2) is 60.8 Å². The normalized spacial score (nSPS) is 14.7. The lowest BCUT2D eigenvalue weighted by Crippen LogP contribution is -2.44. The first kappa shape index (κ1) is 18.2. The van der Waals surface area contributed by atoms with Gasteiger partial charge in [-0.2, -0.15) is 10.1 Å². The van der Waals surface area contributed by atoms with Crippen molar-refractivity contribution in [3.05, 3.63) is 60.8 Å². The molecule has 0 bridgehead atoms. The predicted molar refractivity (Wildman–Crippen MR) is 114 cm³/mol. The predicted octanol–water partition coefficient (Wildman–Crippen LogP) is 3.13. The van der Waals surface area contributed by atoms with E-state index in [1.165, 1.54) is 5.69 Å². The van der Waals surface area contributed by atoms with Gasteiger partial charge in [-0.3, -0.25) is 0 Å². The first-order valence-corrected chi connectivity index (χ1v) is 9.48. The minimum absolute atomic E-state index is 0.547. The number of piperazine rings is 1. The van der Waals surface area contributed by atoms with Crippen molar-refractivity contribution in [1.82, 2.24) is 20.1 Å². The van der Waals surface area contributed by atoms with Crippen molar-refractivity contribution < 1.29 is 0 Å². The minimum Gasteiger partial charge on any atom is -0.369 e. The van der Waals surface area contributed by atoms with E-state index in [0.717, 1.165) is 37.6 Å². The lowest BCUT2D eigenvalue weighted by atomic mass is 10.2. The Balaban J connectivity index is 1.44. The Labute approximate surface area is 165 Å². The highest BCUT2D eigenvalue weighted by molar-refractivity contribution is 5.62. The highest BCUT2D eigenvalue weighted by atomic mass is 15.3. The molecule has 0 spiro atoms. The van der Waals surface area contributed by atoms with Crippen molar-refractivity contribution in [2.45, 2.75) is 0 Å². The monoisotopic (exact) mass is 375 g/mol. The molecule has 0 amide bonds. The number of anilines is 5. The van der Waals surface area contributed by atoms with Gasteiger partial charge in [0.1, 0.15) is 0 Å². The SMILES string of the molecule is CN1CCN(c2ccc(Nc3cnnc(N(C)c4ccccc4)n3)cc2)CC1. The number of nitrogens with zero attached hydrogens (tertiary/aromatic N) is 6. The zero-order valence-electron chi connectivity index (χ0n) is 16.3. The summed E-state index contributed by atoms with van der Waals surface area (Å²) in [7, 11) is 4.10. The summed E-state index contributed by atoms with van der Waals surface area (Å²) in [6.45, 7) is 4.33. The second-order valence-electron chi connectivity index (χ2n) is 7.00. The van der Waals surface area contributed by atoms with E-state index in [0.29, 0.717) is 11.8 Å². The van der Waals surface area contributed by atoms with Crippen molar-refractivity contribution in [1.29, 1.82) is 0 Å². The molecule has 28 heavy (non-hydrogen) atoms. The third kappa shape index (κ3) is 4.20. The van der Waals surface area contributed by atoms with Crippen LogP contribution < -0.4 is 15.1 Å². The third-order valence-electron chi connectivity index (χ3n) is 5.00. The molecule has 3 aromatic rings. The van der Waals surface area contributed by atoms with Crippen LogP contribution in [0.5, 0.6) is 0 Å². The molecule has 1 fully saturated rings. The molecule has 144 valence electrons. The number of benzene rings is 2. The first-order chi connectivity index (χ1) is 13.7. The van der Waals surface area contributed by atoms with Crippen LogP contribution in [-0.2, 0) is 0 Å². The Bertz CT molecular complexity index is 890. The summed E-state index contributed by atoms with van der Waals surface area (Å²) >= 11 is 0. The zero-order valence-corrected chi connectivity index (χ0v) is 16.3. The Morgan fingerprint density at radius 2 is 1.64 bits per heavy atom. The number of aromatic nitrogens is 3. The van der Waals surface area contributed by atoms with Crippen molar-refractivity contribution in [3.63, 3.8) is 0 Å². The maximum absolute atomic E-state index is 4.59. The van der Waals surface area contributed by atoms with Gasteiger partial charge in [0.15, 0.2) is 5.82 Å². The fourth-order valence-corrected chi connectivity index (χ4v) is 3.23. The Hall–Kier alpha value is -3.19. The smallest absolute Gasteiger partial charge is 0.251 e. The van der Waals surface area contributed by atoms with Gasteiger partial charge in [-0.1, -0.05) is 18.2 Å². The van der Waals surface area contributed by atoms with Crippen molar-refractivity contribution >= 4 is 28.8 Å². The van der Waals surface area contributed by atoms with E-state index in [4.69, 9.17) is 0 Å². The summed E-state index contributed by atoms with van der Waals surface area (Å²) in [5.41, 5.74) is 3.24. The van der Waals surface area contributed by atoms with Gasteiger partial charge in [0.2, 0.25) is 0 Å². The van der Waals surface area contributed by atoms with E-state index in [1.54, 1.807) is 6.20 Å². The molecule has 7 heteroatoms. The van der Waals surface area contributed by atoms with Crippen molar-refractivity contribution in [2.75, 3.05) is 55.4 Å². The molecule has 0 aliphatic carbocycles. The minimum atomic E-state index is 0.547. The average Bonchev–Trinajstić information content (AvgIpc) is 2.75. The van der Waals surface area contributed by atoms with Gasteiger partial charge in [-0.15, -0.1) is 5.10 Å². The fraction of sp³-hybridized carbons (Fsp3) is 0.286. The second kappa shape index (κ2) is 8.22. The Morgan fingerprint density at radius 1 is 0.929 bits per heavy atom. The van der Waals surface area contributed by atoms with Crippen LogP contribution in [0, 0.1) is 0 Å². The van der Waals surface area contributed by atoms with Gasteiger partial charge in [-0.25, -0.2) is 0 Å². The number of hydrogen-bond donors (Lipinski definition) is 1. The molecule has 2 aromatic carbocycles. The van der Waals surface area contributed by atoms with E-state index in [-0.39, 0.29) is 0 Å². The number of rotatable bonds is 5. The van der Waals surface area contributed by atoms with Gasteiger partial charge < -0.3 is 20.0 Å². The van der Waals surface area contributed by atoms with Gasteiger partial charge in [0.05, 0.1) is 6.20 Å². The molecule has 1 aliphatic rings. The first-order valence-electron chi connectivity index (χ1n) is 9.48. The van der Waals surface area contributed by atoms with Crippen LogP contribution in [0.4, 0.5) is 28.8 Å². The molecule has 1 aliphatic heterocycles. The van der Waals surface area contributed by atoms with E-state index in [2.05, 4.69) is 61.6 Å². The summed E-state index contributed by atoms with van der Waals surface area (Å²) in [5.74, 6) is 1.21. The quantitative estimate of drug-likeness (QED) is 0.735. The Morgan fingerprint density at radius 3 is 2.36 bits per heavy atom. The number of para-hydroxylation sites is 1. The molecule has 0 radical (unpaired) electrons. The van der Waals surface area contributed by atoms with E-state index in [1.807, 2.05) is 42.3 Å². The standard InChI is InChI=1S/C21H25N7/c1-26-12-14-28(15-13-26)19-10-8-17(9-11-19)23-20-16-22-25-21(24-20)27(2)18-6-4-3-5-7-18/h3-11,16H,12-15H2,1-2H3,(H,23,24,25). The van der Waals surface area contributed by atoms with Crippen molar-refractivity contribution in [3.8, 4) is 0 Å². The molecule has 1 aromatic heterocycles. The summed E-state index contributed by atoms with van der Waals surface area (Å²) < 4.78 is 0. The number of hydrogen-bond acceptors (Lipinski definition) is 7. The summed E-state index contributed by atoms with van der Waals surface area (Å²) in [5, 5.41) is 11.6. The lowest BCUT2D eigenvalue weighted by molar-refractivity contribution is 0.313. The Kier molecular flexibility index (Phi) is 5.34. The third-order valence-corrected chi connectivity index (χ3v) is 5.00. The molecule has 7 nitrogen and oxygen atoms in total. The molecule has 0 unspecified atom stereocenters. The molecule has 4 rings (SSSR count). The maximum atomic E-state index is 4.59. The zero-order chi connectivity index (χ0) is 19.3. The fourth-order valence-electron chi connectivity index (χ4n) is 3.23. The second-order valence-corrected chi connectivity index (χ2v) is 7.00. The lowest BCUT2D eigenvalue weighted by Gasteiger charge is -2.34. The highest BCUT2D eigenvalue weighted by Gasteiger charge is 2.14. The maximum Gasteiger partial charge on any atom is 0.251 e. The highest BCUT2D eigenvalue weighted by Crippen LogP contribution is 2.23. The number of nitrogens with one attached hydrogen (secondary N) is 1. The van der Waals surface area contributed by atoms with Crippen LogP contribution in [-0.4, -0.2) is 60.4 Å². The average molecular weight is 375 g/mol. The molecule has 1 N–H and O–H groups in total. The molecule has 1 saturated heterocycles. The van der Waals surface area contributed by atoms with Crippen LogP contribution in [0.3, 0.4) is 0 Å². The molecule has 0 atom stereocenters. The summed E-state index contributed by atoms with van der Waals surface area (Å²) in [6, 6.07) is 18.5. The van der Waals surface area contributed by atoms with Crippen LogP contribution >= 0.6 is 0 Å². The molecule has 2 heterocycles. The van der Waals surface area contributed by atoms with Gasteiger partial charge >= 0.3 is 0 Å². The number of likely N-dealkylation sites (N-methyl/N-ethyl adjacent to an activating group) is 1. The van der Waals surface area contributed by atoms with Crippen LogP contribution in [0.2, 0.25) is 0 Å². The van der Waals surface area contributed by atoms with Gasteiger partial charge in [0.25, 0.3) is 5.95 Å². The topological polar surface area (TPSA) is 60.4 Å². The molecule has 0 saturated carbocycles. The molecular weight excluding hydrogens is 350 g/mol. The summed E-state index contributed by atoms with van der Waals surface area (Å²) in [6.07, 6.45) is 1.64. The van der Waals surface area contributed by atoms with Crippen LogP contribution in [0.25, 0.3) is 0 Å². The molecular formula is C21H25N7. The summed E-state index contributed by atoms with van der Waals surface area (Å²) in [4.78, 5) is 11.3. The van der Waals surface area contributed by atoms with Gasteiger partial charge in [-0.05, 0) is 43.4 Å². The van der Waals surface area contributed by atoms with Crippen molar-refractivity contribution in [2.24, 2.45) is 0 Å². The largest absolute Gasteiger partial charge is 0.369 e. The van der Waals surface area contributed by atoms with Gasteiger partial charge in [0, 0.05) is 50.3 Å². The van der Waals surface area contributed by atoms with E-state index in [9.17, 15) is 0 Å².